The van der Waals surface area contributed by atoms with Crippen LogP contribution in [0, 0.1) is 6.92 Å². The molecule has 0 unspecified atom stereocenters. The quantitative estimate of drug-likeness (QED) is 0.772. The van der Waals surface area contributed by atoms with Crippen molar-refractivity contribution in [3.63, 3.8) is 0 Å². The summed E-state index contributed by atoms with van der Waals surface area (Å²) in [6, 6.07) is 3.84. The Hall–Kier alpha value is -1.12. The number of pyridine rings is 1. The van der Waals surface area contributed by atoms with Gasteiger partial charge < -0.3 is 5.32 Å². The van der Waals surface area contributed by atoms with Crippen molar-refractivity contribution in [2.45, 2.75) is 25.4 Å². The number of anilines is 1. The maximum atomic E-state index is 13.2. The Kier molecular flexibility index (Phi) is 1.94. The first-order valence-electron chi connectivity index (χ1n) is 4.54. The first-order valence-corrected chi connectivity index (χ1v) is 4.54. The number of aromatic nitrogens is 1. The van der Waals surface area contributed by atoms with Crippen molar-refractivity contribution in [2.24, 2.45) is 0 Å². The molecule has 1 aliphatic rings. The summed E-state index contributed by atoms with van der Waals surface area (Å²) in [5.74, 6) is 0.798. The van der Waals surface area contributed by atoms with Crippen LogP contribution in [0.15, 0.2) is 18.3 Å². The van der Waals surface area contributed by atoms with Crippen LogP contribution < -0.4 is 5.32 Å². The van der Waals surface area contributed by atoms with Gasteiger partial charge in [0.1, 0.15) is 11.5 Å². The van der Waals surface area contributed by atoms with E-state index in [1.54, 1.807) is 6.20 Å². The summed E-state index contributed by atoms with van der Waals surface area (Å²) in [5, 5.41) is 3.03. The van der Waals surface area contributed by atoms with Gasteiger partial charge in [-0.15, -0.1) is 0 Å². The normalized spacial score (nSPS) is 18.3. The molecule has 0 spiro atoms. The second-order valence-corrected chi connectivity index (χ2v) is 3.67. The summed E-state index contributed by atoms with van der Waals surface area (Å²) in [5.41, 5.74) is 0.107. The van der Waals surface area contributed by atoms with E-state index in [-0.39, 0.29) is 0 Å². The number of rotatable bonds is 3. The van der Waals surface area contributed by atoms with Gasteiger partial charge >= 0.3 is 0 Å². The molecule has 0 radical (unpaired) electrons. The minimum absolute atomic E-state index is 0.394. The topological polar surface area (TPSA) is 24.9 Å². The minimum atomic E-state index is -0.954. The first kappa shape index (κ1) is 8.48. The number of hydrogen-bond acceptors (Lipinski definition) is 2. The fourth-order valence-corrected chi connectivity index (χ4v) is 1.23. The lowest BCUT2D eigenvalue weighted by Gasteiger charge is -2.09. The van der Waals surface area contributed by atoms with Crippen molar-refractivity contribution in [3.8, 4) is 0 Å². The zero-order valence-corrected chi connectivity index (χ0v) is 7.68. The number of nitrogens with one attached hydrogen (secondary N) is 1. The fourth-order valence-electron chi connectivity index (χ4n) is 1.23. The van der Waals surface area contributed by atoms with E-state index in [0.717, 1.165) is 11.4 Å². The maximum Gasteiger partial charge on any atom is 0.128 e. The van der Waals surface area contributed by atoms with Gasteiger partial charge in [-0.3, -0.25) is 0 Å². The number of hydrogen-bond donors (Lipinski definition) is 1. The van der Waals surface area contributed by atoms with Crippen LogP contribution >= 0.6 is 0 Å². The maximum absolute atomic E-state index is 13.2. The molecule has 2 rings (SSSR count). The van der Waals surface area contributed by atoms with Gasteiger partial charge in [0.25, 0.3) is 0 Å². The number of alkyl halides is 1. The van der Waals surface area contributed by atoms with E-state index in [0.29, 0.717) is 19.4 Å². The molecule has 0 amide bonds. The lowest BCUT2D eigenvalue weighted by atomic mass is 10.3. The van der Waals surface area contributed by atoms with Crippen LogP contribution in [-0.4, -0.2) is 17.2 Å². The third-order valence-corrected chi connectivity index (χ3v) is 2.37. The van der Waals surface area contributed by atoms with Crippen molar-refractivity contribution in [1.82, 2.24) is 4.98 Å². The summed E-state index contributed by atoms with van der Waals surface area (Å²) in [7, 11) is 0. The van der Waals surface area contributed by atoms with Crippen molar-refractivity contribution in [3.05, 3.63) is 23.9 Å². The summed E-state index contributed by atoms with van der Waals surface area (Å²) < 4.78 is 13.2. The van der Waals surface area contributed by atoms with Crippen LogP contribution in [-0.2, 0) is 0 Å². The highest BCUT2D eigenvalue weighted by molar-refractivity contribution is 5.43. The molecule has 1 aromatic heterocycles. The smallest absolute Gasteiger partial charge is 0.128 e. The number of halogens is 1. The van der Waals surface area contributed by atoms with Crippen LogP contribution in [0.2, 0.25) is 0 Å². The van der Waals surface area contributed by atoms with Crippen LogP contribution in [0.4, 0.5) is 10.2 Å². The van der Waals surface area contributed by atoms with Crippen LogP contribution in [0.25, 0.3) is 0 Å². The number of aryl methyl sites for hydroxylation is 1. The van der Waals surface area contributed by atoms with E-state index >= 15 is 0 Å². The second-order valence-electron chi connectivity index (χ2n) is 3.67. The average Bonchev–Trinajstić information content (AvgIpc) is 2.83. The van der Waals surface area contributed by atoms with E-state index in [4.69, 9.17) is 0 Å². The van der Waals surface area contributed by atoms with E-state index in [9.17, 15) is 4.39 Å². The Balaban J connectivity index is 1.97. The Morgan fingerprint density at radius 3 is 3.00 bits per heavy atom. The minimum Gasteiger partial charge on any atom is -0.367 e. The molecule has 0 saturated heterocycles. The third kappa shape index (κ3) is 1.97. The van der Waals surface area contributed by atoms with Gasteiger partial charge in [0.05, 0.1) is 6.54 Å². The summed E-state index contributed by atoms with van der Waals surface area (Å²) in [6.45, 7) is 2.36. The van der Waals surface area contributed by atoms with Gasteiger partial charge in [-0.2, -0.15) is 0 Å². The molecule has 0 aromatic carbocycles. The van der Waals surface area contributed by atoms with E-state index in [1.807, 2.05) is 19.1 Å². The largest absolute Gasteiger partial charge is 0.367 e. The molecule has 0 atom stereocenters. The highest BCUT2D eigenvalue weighted by Gasteiger charge is 2.42. The molecule has 1 fully saturated rings. The molecule has 1 aromatic rings. The monoisotopic (exact) mass is 180 g/mol. The molecule has 70 valence electrons. The molecular weight excluding hydrogens is 167 g/mol. The molecular formula is C10H13FN2. The summed E-state index contributed by atoms with van der Waals surface area (Å²) >= 11 is 0. The Bertz CT molecular complexity index is 308. The van der Waals surface area contributed by atoms with E-state index < -0.39 is 5.67 Å². The SMILES string of the molecule is Cc1cccnc1NCC1(F)CC1. The highest BCUT2D eigenvalue weighted by Crippen LogP contribution is 2.39. The molecule has 1 heterocycles. The van der Waals surface area contributed by atoms with Crippen LogP contribution in [0.5, 0.6) is 0 Å². The lowest BCUT2D eigenvalue weighted by Crippen LogP contribution is -2.17. The van der Waals surface area contributed by atoms with Gasteiger partial charge in [0.15, 0.2) is 0 Å². The molecule has 3 heteroatoms. The van der Waals surface area contributed by atoms with Gasteiger partial charge in [-0.25, -0.2) is 9.37 Å². The van der Waals surface area contributed by atoms with Gasteiger partial charge in [0, 0.05) is 6.20 Å². The predicted molar refractivity (Wildman–Crippen MR) is 50.5 cm³/mol. The number of nitrogens with zero attached hydrogens (tertiary/aromatic N) is 1. The van der Waals surface area contributed by atoms with Gasteiger partial charge in [-0.1, -0.05) is 6.07 Å². The van der Waals surface area contributed by atoms with Gasteiger partial charge in [0.2, 0.25) is 0 Å². The Morgan fingerprint density at radius 2 is 2.38 bits per heavy atom. The molecule has 1 aliphatic carbocycles. The molecule has 0 aliphatic heterocycles. The van der Waals surface area contributed by atoms with Crippen LogP contribution in [0.3, 0.4) is 0 Å². The molecule has 2 nitrogen and oxygen atoms in total. The van der Waals surface area contributed by atoms with Crippen molar-refractivity contribution in [2.75, 3.05) is 11.9 Å². The van der Waals surface area contributed by atoms with Gasteiger partial charge in [-0.05, 0) is 31.4 Å². The fraction of sp³-hybridized carbons (Fsp3) is 0.500. The van der Waals surface area contributed by atoms with Crippen molar-refractivity contribution < 1.29 is 4.39 Å². The van der Waals surface area contributed by atoms with Crippen molar-refractivity contribution >= 4 is 5.82 Å². The zero-order chi connectivity index (χ0) is 9.31. The Labute approximate surface area is 77.2 Å². The van der Waals surface area contributed by atoms with E-state index in [2.05, 4.69) is 10.3 Å². The zero-order valence-electron chi connectivity index (χ0n) is 7.68. The summed E-state index contributed by atoms with van der Waals surface area (Å²) in [4.78, 5) is 4.13. The second kappa shape index (κ2) is 2.98. The predicted octanol–water partition coefficient (Wildman–Crippen LogP) is 2.30. The molecule has 1 saturated carbocycles. The van der Waals surface area contributed by atoms with E-state index in [1.165, 1.54) is 0 Å². The third-order valence-electron chi connectivity index (χ3n) is 2.37. The van der Waals surface area contributed by atoms with Crippen molar-refractivity contribution in [1.29, 1.82) is 0 Å². The molecule has 1 N–H and O–H groups in total. The summed E-state index contributed by atoms with van der Waals surface area (Å²) in [6.07, 6.45) is 3.09. The highest BCUT2D eigenvalue weighted by atomic mass is 19.1. The average molecular weight is 180 g/mol. The lowest BCUT2D eigenvalue weighted by molar-refractivity contribution is 0.326. The first-order chi connectivity index (χ1) is 6.20. The van der Waals surface area contributed by atoms with Crippen LogP contribution in [0.1, 0.15) is 18.4 Å². The standard InChI is InChI=1S/C10H13FN2/c1-8-3-2-6-12-9(8)13-7-10(11)4-5-10/h2-3,6H,4-5,7H2,1H3,(H,12,13). The molecule has 13 heavy (non-hydrogen) atoms. The Morgan fingerprint density at radius 1 is 1.62 bits per heavy atom. The molecule has 0 bridgehead atoms.